The summed E-state index contributed by atoms with van der Waals surface area (Å²) in [7, 11) is 0. The zero-order chi connectivity index (χ0) is 19.0. The maximum absolute atomic E-state index is 11.1. The Morgan fingerprint density at radius 1 is 0.963 bits per heavy atom. The van der Waals surface area contributed by atoms with Crippen LogP contribution in [0.2, 0.25) is 0 Å². The summed E-state index contributed by atoms with van der Waals surface area (Å²) in [6.45, 7) is 0. The summed E-state index contributed by atoms with van der Waals surface area (Å²) >= 11 is 0. The molecule has 0 aliphatic rings. The number of hydrogen-bond acceptors (Lipinski definition) is 4. The SMILES string of the molecule is O=C(O)c1ccc(-c2nc3ccccc3n2-c2ccc([N+](=O)[O-])cc2)cc1. The third-order valence-corrected chi connectivity index (χ3v) is 4.27. The number of rotatable bonds is 4. The highest BCUT2D eigenvalue weighted by Gasteiger charge is 2.15. The zero-order valence-corrected chi connectivity index (χ0v) is 13.9. The third kappa shape index (κ3) is 2.91. The van der Waals surface area contributed by atoms with Crippen LogP contribution in [0.5, 0.6) is 0 Å². The lowest BCUT2D eigenvalue weighted by Gasteiger charge is -2.09. The van der Waals surface area contributed by atoms with Gasteiger partial charge in [0.05, 0.1) is 21.5 Å². The molecule has 4 rings (SSSR count). The lowest BCUT2D eigenvalue weighted by atomic mass is 10.1. The summed E-state index contributed by atoms with van der Waals surface area (Å²) in [5.74, 6) is -0.368. The van der Waals surface area contributed by atoms with Gasteiger partial charge in [-0.1, -0.05) is 24.3 Å². The van der Waals surface area contributed by atoms with Crippen molar-refractivity contribution in [3.8, 4) is 17.1 Å². The lowest BCUT2D eigenvalue weighted by molar-refractivity contribution is -0.384. The van der Waals surface area contributed by atoms with Crippen LogP contribution < -0.4 is 0 Å². The van der Waals surface area contributed by atoms with Crippen molar-refractivity contribution in [1.29, 1.82) is 0 Å². The molecule has 7 nitrogen and oxygen atoms in total. The molecule has 27 heavy (non-hydrogen) atoms. The number of imidazole rings is 1. The van der Waals surface area contributed by atoms with Gasteiger partial charge in [0.2, 0.25) is 0 Å². The maximum Gasteiger partial charge on any atom is 0.335 e. The van der Waals surface area contributed by atoms with Gasteiger partial charge >= 0.3 is 5.97 Å². The van der Waals surface area contributed by atoms with E-state index in [0.717, 1.165) is 22.3 Å². The van der Waals surface area contributed by atoms with Crippen LogP contribution in [0.25, 0.3) is 28.1 Å². The number of non-ortho nitro benzene ring substituents is 1. The molecule has 0 aliphatic carbocycles. The number of hydrogen-bond donors (Lipinski definition) is 1. The first kappa shape index (κ1) is 16.5. The van der Waals surface area contributed by atoms with Crippen LogP contribution in [-0.4, -0.2) is 25.6 Å². The molecule has 0 saturated carbocycles. The van der Waals surface area contributed by atoms with Crippen molar-refractivity contribution >= 4 is 22.7 Å². The van der Waals surface area contributed by atoms with Gasteiger partial charge in [-0.3, -0.25) is 14.7 Å². The van der Waals surface area contributed by atoms with E-state index in [1.807, 2.05) is 28.8 Å². The molecule has 0 atom stereocenters. The second-order valence-electron chi connectivity index (χ2n) is 5.92. The number of para-hydroxylation sites is 2. The fourth-order valence-corrected chi connectivity index (χ4v) is 2.97. The molecule has 0 saturated heterocycles. The molecule has 0 unspecified atom stereocenters. The highest BCUT2D eigenvalue weighted by atomic mass is 16.6. The first-order valence-electron chi connectivity index (χ1n) is 8.10. The average molecular weight is 359 g/mol. The first-order chi connectivity index (χ1) is 13.0. The van der Waals surface area contributed by atoms with E-state index in [1.165, 1.54) is 24.3 Å². The number of carbonyl (C=O) groups is 1. The fourth-order valence-electron chi connectivity index (χ4n) is 2.97. The van der Waals surface area contributed by atoms with Crippen LogP contribution in [0.4, 0.5) is 5.69 Å². The molecule has 0 amide bonds. The minimum atomic E-state index is -0.995. The smallest absolute Gasteiger partial charge is 0.335 e. The Balaban J connectivity index is 1.91. The topological polar surface area (TPSA) is 98.3 Å². The second kappa shape index (κ2) is 6.38. The van der Waals surface area contributed by atoms with Crippen molar-refractivity contribution < 1.29 is 14.8 Å². The number of benzene rings is 3. The zero-order valence-electron chi connectivity index (χ0n) is 13.9. The molecule has 0 radical (unpaired) electrons. The molecule has 1 N–H and O–H groups in total. The van der Waals surface area contributed by atoms with Crippen LogP contribution in [0.3, 0.4) is 0 Å². The van der Waals surface area contributed by atoms with E-state index >= 15 is 0 Å². The van der Waals surface area contributed by atoms with Gasteiger partial charge in [0, 0.05) is 23.4 Å². The fraction of sp³-hybridized carbons (Fsp3) is 0. The quantitative estimate of drug-likeness (QED) is 0.433. The Hall–Kier alpha value is -4.00. The lowest BCUT2D eigenvalue weighted by Crippen LogP contribution is -1.99. The first-order valence-corrected chi connectivity index (χ1v) is 8.10. The van der Waals surface area contributed by atoms with Crippen molar-refractivity contribution in [1.82, 2.24) is 9.55 Å². The molecular weight excluding hydrogens is 346 g/mol. The van der Waals surface area contributed by atoms with E-state index < -0.39 is 10.9 Å². The molecule has 7 heteroatoms. The van der Waals surface area contributed by atoms with Crippen molar-refractivity contribution in [2.24, 2.45) is 0 Å². The van der Waals surface area contributed by atoms with E-state index in [9.17, 15) is 14.9 Å². The molecule has 1 aromatic heterocycles. The maximum atomic E-state index is 11.1. The molecule has 4 aromatic rings. The second-order valence-corrected chi connectivity index (χ2v) is 5.92. The number of aromatic carboxylic acids is 1. The van der Waals surface area contributed by atoms with Crippen molar-refractivity contribution in [2.75, 3.05) is 0 Å². The van der Waals surface area contributed by atoms with Crippen LogP contribution in [0, 0.1) is 10.1 Å². The van der Waals surface area contributed by atoms with E-state index in [1.54, 1.807) is 24.3 Å². The van der Waals surface area contributed by atoms with Gasteiger partial charge in [0.25, 0.3) is 5.69 Å². The Kier molecular flexibility index (Phi) is 3.89. The van der Waals surface area contributed by atoms with Gasteiger partial charge in [0.1, 0.15) is 5.82 Å². The largest absolute Gasteiger partial charge is 0.478 e. The minimum Gasteiger partial charge on any atom is -0.478 e. The summed E-state index contributed by atoms with van der Waals surface area (Å²) in [6.07, 6.45) is 0. The number of nitro groups is 1. The highest BCUT2D eigenvalue weighted by Crippen LogP contribution is 2.29. The molecule has 1 heterocycles. The number of carboxylic acid groups (broad SMARTS) is 1. The van der Waals surface area contributed by atoms with Gasteiger partial charge in [-0.05, 0) is 36.4 Å². The predicted molar refractivity (Wildman–Crippen MR) is 100 cm³/mol. The molecule has 0 aliphatic heterocycles. The predicted octanol–water partition coefficient (Wildman–Crippen LogP) is 4.30. The summed E-state index contributed by atoms with van der Waals surface area (Å²) in [6, 6.07) is 20.3. The Morgan fingerprint density at radius 2 is 1.63 bits per heavy atom. The number of carboxylic acids is 1. The molecule has 0 spiro atoms. The minimum absolute atomic E-state index is 0.00975. The van der Waals surface area contributed by atoms with Crippen LogP contribution >= 0.6 is 0 Å². The van der Waals surface area contributed by atoms with Gasteiger partial charge in [-0.2, -0.15) is 0 Å². The Bertz CT molecular complexity index is 1160. The van der Waals surface area contributed by atoms with E-state index in [-0.39, 0.29) is 11.3 Å². The van der Waals surface area contributed by atoms with Crippen molar-refractivity contribution in [3.05, 3.63) is 88.5 Å². The monoisotopic (exact) mass is 359 g/mol. The van der Waals surface area contributed by atoms with Crippen LogP contribution in [0.15, 0.2) is 72.8 Å². The third-order valence-electron chi connectivity index (χ3n) is 4.27. The van der Waals surface area contributed by atoms with Crippen molar-refractivity contribution in [3.63, 3.8) is 0 Å². The highest BCUT2D eigenvalue weighted by molar-refractivity contribution is 5.89. The molecular formula is C20H13N3O4. The molecule has 0 bridgehead atoms. The number of fused-ring (bicyclic) bond motifs is 1. The molecule has 0 fully saturated rings. The van der Waals surface area contributed by atoms with E-state index in [4.69, 9.17) is 5.11 Å². The summed E-state index contributed by atoms with van der Waals surface area (Å²) < 4.78 is 1.90. The average Bonchev–Trinajstić information content (AvgIpc) is 3.07. The van der Waals surface area contributed by atoms with E-state index in [0.29, 0.717) is 5.82 Å². The summed E-state index contributed by atoms with van der Waals surface area (Å²) in [5.41, 5.74) is 3.30. The van der Waals surface area contributed by atoms with Gasteiger partial charge in [-0.15, -0.1) is 0 Å². The van der Waals surface area contributed by atoms with Crippen LogP contribution in [0.1, 0.15) is 10.4 Å². The number of nitrogens with zero attached hydrogens (tertiary/aromatic N) is 3. The van der Waals surface area contributed by atoms with Gasteiger partial charge < -0.3 is 5.11 Å². The Morgan fingerprint density at radius 3 is 2.26 bits per heavy atom. The Labute approximate surface area is 153 Å². The summed E-state index contributed by atoms with van der Waals surface area (Å²) in [4.78, 5) is 26.2. The number of aromatic nitrogens is 2. The standard InChI is InChI=1S/C20H13N3O4/c24-20(25)14-7-5-13(6-8-14)19-21-17-3-1-2-4-18(17)22(19)15-9-11-16(12-10-15)23(26)27/h1-12H,(H,24,25). The molecule has 3 aromatic carbocycles. The summed E-state index contributed by atoms with van der Waals surface area (Å²) in [5, 5.41) is 20.0. The molecule has 132 valence electrons. The van der Waals surface area contributed by atoms with Crippen molar-refractivity contribution in [2.45, 2.75) is 0 Å². The van der Waals surface area contributed by atoms with Gasteiger partial charge in [-0.25, -0.2) is 9.78 Å². The number of nitro benzene ring substituents is 1. The normalized spacial score (nSPS) is 10.8. The van der Waals surface area contributed by atoms with Gasteiger partial charge in [0.15, 0.2) is 0 Å². The van der Waals surface area contributed by atoms with Crippen LogP contribution in [-0.2, 0) is 0 Å². The van der Waals surface area contributed by atoms with E-state index in [2.05, 4.69) is 4.98 Å².